The second-order valence-electron chi connectivity index (χ2n) is 10.8. The zero-order valence-electron chi connectivity index (χ0n) is 21.2. The van der Waals surface area contributed by atoms with Gasteiger partial charge in [0.1, 0.15) is 24.1 Å². The van der Waals surface area contributed by atoms with Crippen LogP contribution in [0.1, 0.15) is 47.9 Å². The summed E-state index contributed by atoms with van der Waals surface area (Å²) in [6.07, 6.45) is 5.74. The molecule has 0 aliphatic carbocycles. The van der Waals surface area contributed by atoms with E-state index < -0.39 is 0 Å². The molecule has 3 fully saturated rings. The lowest BCUT2D eigenvalue weighted by Crippen LogP contribution is -2.52. The summed E-state index contributed by atoms with van der Waals surface area (Å²) >= 11 is 0. The zero-order chi connectivity index (χ0) is 23.8. The van der Waals surface area contributed by atoms with Crippen molar-refractivity contribution in [2.45, 2.75) is 63.3 Å². The molecule has 0 spiro atoms. The van der Waals surface area contributed by atoms with Crippen LogP contribution in [0.15, 0.2) is 30.3 Å². The SMILES string of the molecule is CN1CCCC1COc1nc(N2CC3CCC(C2)N3)c2c(c1C#N)CN(Cc1ccccc1)CC2.Cl. The lowest BCUT2D eigenvalue weighted by atomic mass is 9.95. The fourth-order valence-electron chi connectivity index (χ4n) is 6.44. The van der Waals surface area contributed by atoms with E-state index in [2.05, 4.69) is 63.5 Å². The fourth-order valence-corrected chi connectivity index (χ4v) is 6.44. The van der Waals surface area contributed by atoms with E-state index in [1.165, 1.54) is 30.4 Å². The average molecular weight is 509 g/mol. The first-order chi connectivity index (χ1) is 17.2. The van der Waals surface area contributed by atoms with Crippen molar-refractivity contribution in [3.8, 4) is 11.9 Å². The molecule has 0 saturated carbocycles. The molecule has 2 aromatic rings. The van der Waals surface area contributed by atoms with Crippen molar-refractivity contribution >= 4 is 18.2 Å². The molecule has 6 rings (SSSR count). The van der Waals surface area contributed by atoms with Gasteiger partial charge in [-0.05, 0) is 56.8 Å². The summed E-state index contributed by atoms with van der Waals surface area (Å²) in [5, 5.41) is 14.0. The molecule has 3 saturated heterocycles. The van der Waals surface area contributed by atoms with Crippen LogP contribution < -0.4 is 15.0 Å². The summed E-state index contributed by atoms with van der Waals surface area (Å²) in [7, 11) is 2.16. The Bertz CT molecular complexity index is 1090. The van der Waals surface area contributed by atoms with Gasteiger partial charge in [-0.2, -0.15) is 10.2 Å². The van der Waals surface area contributed by atoms with E-state index in [1.807, 2.05) is 0 Å². The number of fused-ring (bicyclic) bond motifs is 3. The molecule has 4 aliphatic heterocycles. The van der Waals surface area contributed by atoms with Gasteiger partial charge in [-0.3, -0.25) is 4.90 Å². The van der Waals surface area contributed by atoms with Gasteiger partial charge >= 0.3 is 0 Å². The molecule has 5 heterocycles. The average Bonchev–Trinajstić information content (AvgIpc) is 3.45. The number of halogens is 1. The van der Waals surface area contributed by atoms with Gasteiger partial charge in [0.2, 0.25) is 5.88 Å². The highest BCUT2D eigenvalue weighted by Gasteiger charge is 2.36. The van der Waals surface area contributed by atoms with Gasteiger partial charge in [0, 0.05) is 56.4 Å². The molecule has 7 nitrogen and oxygen atoms in total. The highest BCUT2D eigenvalue weighted by Crippen LogP contribution is 2.37. The molecule has 8 heteroatoms. The molecule has 192 valence electrons. The second kappa shape index (κ2) is 10.9. The molecule has 2 bridgehead atoms. The maximum Gasteiger partial charge on any atom is 0.234 e. The third-order valence-corrected chi connectivity index (χ3v) is 8.38. The van der Waals surface area contributed by atoms with Gasteiger partial charge in [0.05, 0.1) is 0 Å². The van der Waals surface area contributed by atoms with Gasteiger partial charge in [0.25, 0.3) is 0 Å². The van der Waals surface area contributed by atoms with Crippen LogP contribution >= 0.6 is 12.4 Å². The fraction of sp³-hybridized carbons (Fsp3) is 0.571. The number of likely N-dealkylation sites (tertiary alicyclic amines) is 1. The lowest BCUT2D eigenvalue weighted by molar-refractivity contribution is 0.191. The predicted molar refractivity (Wildman–Crippen MR) is 144 cm³/mol. The molecular formula is C28H37ClN6O. The van der Waals surface area contributed by atoms with E-state index in [0.29, 0.717) is 36.2 Å². The van der Waals surface area contributed by atoms with Crippen LogP contribution in [-0.2, 0) is 19.5 Å². The molecule has 0 radical (unpaired) electrons. The molecule has 0 amide bonds. The molecule has 3 atom stereocenters. The number of anilines is 1. The van der Waals surface area contributed by atoms with Gasteiger partial charge in [-0.1, -0.05) is 30.3 Å². The van der Waals surface area contributed by atoms with Gasteiger partial charge < -0.3 is 19.9 Å². The predicted octanol–water partition coefficient (Wildman–Crippen LogP) is 3.35. The Morgan fingerprint density at radius 2 is 1.86 bits per heavy atom. The largest absolute Gasteiger partial charge is 0.475 e. The maximum atomic E-state index is 10.3. The normalized spacial score (nSPS) is 25.8. The Morgan fingerprint density at radius 1 is 1.08 bits per heavy atom. The van der Waals surface area contributed by atoms with Crippen molar-refractivity contribution in [3.05, 3.63) is 52.6 Å². The molecule has 3 unspecified atom stereocenters. The van der Waals surface area contributed by atoms with Crippen LogP contribution in [0, 0.1) is 11.3 Å². The molecule has 1 N–H and O–H groups in total. The molecule has 36 heavy (non-hydrogen) atoms. The van der Waals surface area contributed by atoms with Crippen LogP contribution in [0.2, 0.25) is 0 Å². The highest BCUT2D eigenvalue weighted by atomic mass is 35.5. The van der Waals surface area contributed by atoms with E-state index in [1.54, 1.807) is 0 Å². The minimum atomic E-state index is 0. The first kappa shape index (κ1) is 25.3. The molecular weight excluding hydrogens is 472 g/mol. The Morgan fingerprint density at radius 3 is 2.56 bits per heavy atom. The number of benzene rings is 1. The quantitative estimate of drug-likeness (QED) is 0.641. The number of ether oxygens (including phenoxy) is 1. The molecule has 4 aliphatic rings. The number of nitriles is 1. The number of likely N-dealkylation sites (N-methyl/N-ethyl adjacent to an activating group) is 1. The summed E-state index contributed by atoms with van der Waals surface area (Å²) in [5.41, 5.74) is 4.33. The standard InChI is InChI=1S/C28H36N6O.ClH/c1-32-12-5-8-23(32)19-35-28-25(14-29)26-18-33(15-20-6-3-2-4-7-20)13-11-24(26)27(31-28)34-16-21-9-10-22(17-34)30-21;/h2-4,6-7,21-23,30H,5,8-13,15-19H2,1H3;1H. The monoisotopic (exact) mass is 508 g/mol. The Hall–Kier alpha value is -2.37. The maximum absolute atomic E-state index is 10.3. The van der Waals surface area contributed by atoms with Crippen LogP contribution in [0.4, 0.5) is 5.82 Å². The minimum absolute atomic E-state index is 0. The van der Waals surface area contributed by atoms with E-state index in [9.17, 15) is 5.26 Å². The van der Waals surface area contributed by atoms with Crippen molar-refractivity contribution in [1.82, 2.24) is 20.1 Å². The summed E-state index contributed by atoms with van der Waals surface area (Å²) in [6.45, 7) is 6.32. The number of piperazine rings is 1. The topological polar surface area (TPSA) is 67.7 Å². The minimum Gasteiger partial charge on any atom is -0.475 e. The van der Waals surface area contributed by atoms with Crippen molar-refractivity contribution in [2.75, 3.05) is 44.7 Å². The number of hydrogen-bond donors (Lipinski definition) is 1. The van der Waals surface area contributed by atoms with Crippen molar-refractivity contribution in [2.24, 2.45) is 0 Å². The Labute approximate surface area is 220 Å². The summed E-state index contributed by atoms with van der Waals surface area (Å²) in [5.74, 6) is 1.60. The second-order valence-corrected chi connectivity index (χ2v) is 10.8. The summed E-state index contributed by atoms with van der Waals surface area (Å²) in [4.78, 5) is 12.4. The van der Waals surface area contributed by atoms with E-state index in [-0.39, 0.29) is 12.4 Å². The summed E-state index contributed by atoms with van der Waals surface area (Å²) in [6, 6.07) is 14.6. The van der Waals surface area contributed by atoms with Crippen molar-refractivity contribution in [3.63, 3.8) is 0 Å². The van der Waals surface area contributed by atoms with Crippen LogP contribution in [-0.4, -0.2) is 72.7 Å². The third kappa shape index (κ3) is 5.05. The Kier molecular flexibility index (Phi) is 7.68. The smallest absolute Gasteiger partial charge is 0.234 e. The number of nitrogens with zero attached hydrogens (tertiary/aromatic N) is 5. The van der Waals surface area contributed by atoms with Crippen LogP contribution in [0.5, 0.6) is 5.88 Å². The van der Waals surface area contributed by atoms with Crippen molar-refractivity contribution < 1.29 is 4.74 Å². The van der Waals surface area contributed by atoms with Crippen LogP contribution in [0.3, 0.4) is 0 Å². The van der Waals surface area contributed by atoms with Gasteiger partial charge in [-0.15, -0.1) is 12.4 Å². The number of aromatic nitrogens is 1. The number of pyridine rings is 1. The number of hydrogen-bond acceptors (Lipinski definition) is 7. The van der Waals surface area contributed by atoms with E-state index in [0.717, 1.165) is 63.5 Å². The summed E-state index contributed by atoms with van der Waals surface area (Å²) < 4.78 is 6.37. The lowest BCUT2D eigenvalue weighted by Gasteiger charge is -2.38. The molecule has 1 aromatic carbocycles. The van der Waals surface area contributed by atoms with E-state index in [4.69, 9.17) is 9.72 Å². The highest BCUT2D eigenvalue weighted by molar-refractivity contribution is 5.85. The first-order valence-corrected chi connectivity index (χ1v) is 13.2. The molecule has 1 aromatic heterocycles. The third-order valence-electron chi connectivity index (χ3n) is 8.38. The van der Waals surface area contributed by atoms with Gasteiger partial charge in [0.15, 0.2) is 0 Å². The van der Waals surface area contributed by atoms with Crippen LogP contribution in [0.25, 0.3) is 0 Å². The number of nitrogens with one attached hydrogen (secondary N) is 1. The number of rotatable bonds is 6. The zero-order valence-corrected chi connectivity index (χ0v) is 22.0. The van der Waals surface area contributed by atoms with Crippen molar-refractivity contribution in [1.29, 1.82) is 5.26 Å². The Balaban J connectivity index is 0.00000267. The first-order valence-electron chi connectivity index (χ1n) is 13.2. The van der Waals surface area contributed by atoms with E-state index >= 15 is 0 Å². The van der Waals surface area contributed by atoms with Gasteiger partial charge in [-0.25, -0.2) is 0 Å².